The number of hydrogen-bond donors (Lipinski definition) is 0. The summed E-state index contributed by atoms with van der Waals surface area (Å²) in [6.45, 7) is 9.69. The highest BCUT2D eigenvalue weighted by Gasteiger charge is 2.36. The summed E-state index contributed by atoms with van der Waals surface area (Å²) in [5.41, 5.74) is 16.7. The molecule has 0 fully saturated rings. The van der Waals surface area contributed by atoms with Crippen LogP contribution in [0.1, 0.15) is 41.7 Å². The number of ether oxygens (including phenoxy) is 1. The molecule has 52 heavy (non-hydrogen) atoms. The van der Waals surface area contributed by atoms with Gasteiger partial charge in [-0.1, -0.05) is 158 Å². The summed E-state index contributed by atoms with van der Waals surface area (Å²) in [6, 6.07) is 59.0. The topological polar surface area (TPSA) is 12.5 Å². The van der Waals surface area contributed by atoms with Crippen molar-refractivity contribution in [2.45, 2.75) is 32.5 Å². The second-order valence-corrected chi connectivity index (χ2v) is 14.9. The van der Waals surface area contributed by atoms with Gasteiger partial charge in [-0.2, -0.15) is 0 Å². The van der Waals surface area contributed by atoms with Gasteiger partial charge in [0, 0.05) is 26.9 Å². The SMILES string of the molecule is C=Cc1ccc(COCc2ccc3c(c2)C(C)(C)c2cc(N(c4ccc(-c5ccccc5)cc4)c4ccc(-c5ccc(Br)cc5)cc4)ccc2-3)cc1. The molecule has 254 valence electrons. The average Bonchev–Trinajstić information content (AvgIpc) is 3.41. The van der Waals surface area contributed by atoms with Gasteiger partial charge in [0.2, 0.25) is 0 Å². The Morgan fingerprint density at radius 1 is 0.538 bits per heavy atom. The van der Waals surface area contributed by atoms with Crippen LogP contribution in [0.15, 0.2) is 175 Å². The van der Waals surface area contributed by atoms with Gasteiger partial charge in [0.1, 0.15) is 0 Å². The van der Waals surface area contributed by atoms with E-state index in [1.807, 2.05) is 6.08 Å². The molecule has 3 heteroatoms. The molecule has 0 aromatic heterocycles. The quantitative estimate of drug-likeness (QED) is 0.139. The minimum atomic E-state index is -0.175. The van der Waals surface area contributed by atoms with Crippen molar-refractivity contribution in [3.05, 3.63) is 203 Å². The second-order valence-electron chi connectivity index (χ2n) is 14.0. The maximum Gasteiger partial charge on any atom is 0.0721 e. The molecule has 0 atom stereocenters. The minimum absolute atomic E-state index is 0.175. The van der Waals surface area contributed by atoms with Crippen LogP contribution in [-0.4, -0.2) is 0 Å². The first kappa shape index (κ1) is 33.7. The number of halogens is 1. The number of rotatable bonds is 10. The van der Waals surface area contributed by atoms with Crippen molar-refractivity contribution in [3.8, 4) is 33.4 Å². The Kier molecular flexibility index (Phi) is 9.23. The smallest absolute Gasteiger partial charge is 0.0721 e. The fourth-order valence-corrected chi connectivity index (χ4v) is 7.63. The lowest BCUT2D eigenvalue weighted by Crippen LogP contribution is -2.17. The van der Waals surface area contributed by atoms with Crippen LogP contribution in [0.5, 0.6) is 0 Å². The van der Waals surface area contributed by atoms with Crippen molar-refractivity contribution in [1.29, 1.82) is 0 Å². The predicted octanol–water partition coefficient (Wildman–Crippen LogP) is 13.9. The molecule has 0 saturated heterocycles. The van der Waals surface area contributed by atoms with Crippen LogP contribution in [0.3, 0.4) is 0 Å². The molecular formula is C49H40BrNO. The minimum Gasteiger partial charge on any atom is -0.372 e. The summed E-state index contributed by atoms with van der Waals surface area (Å²) < 4.78 is 7.26. The van der Waals surface area contributed by atoms with Crippen LogP contribution in [0, 0.1) is 0 Å². The Morgan fingerprint density at radius 2 is 1.02 bits per heavy atom. The van der Waals surface area contributed by atoms with Gasteiger partial charge in [-0.05, 0) is 110 Å². The molecular weight excluding hydrogens is 698 g/mol. The normalized spacial score (nSPS) is 12.6. The standard InChI is InChI=1S/C49H40BrNO/c1-4-34-10-12-35(13-11-34)32-52-33-36-14-28-45-46-29-27-44(31-48(46)49(2,3)47(45)30-36)51(42-23-17-39(18-24-42)37-8-6-5-7-9-37)43-25-19-40(20-26-43)38-15-21-41(50)22-16-38/h4-31H,1,32-33H2,2-3H3. The highest BCUT2D eigenvalue weighted by Crippen LogP contribution is 2.51. The summed E-state index contributed by atoms with van der Waals surface area (Å²) in [5.74, 6) is 0. The molecule has 0 aliphatic heterocycles. The predicted molar refractivity (Wildman–Crippen MR) is 222 cm³/mol. The summed E-state index contributed by atoms with van der Waals surface area (Å²) >= 11 is 3.57. The van der Waals surface area contributed by atoms with E-state index in [4.69, 9.17) is 4.74 Å². The molecule has 8 rings (SSSR count). The number of fused-ring (bicyclic) bond motifs is 3. The maximum atomic E-state index is 6.18. The molecule has 0 radical (unpaired) electrons. The summed E-state index contributed by atoms with van der Waals surface area (Å²) in [5, 5.41) is 0. The van der Waals surface area contributed by atoms with Crippen LogP contribution in [0.2, 0.25) is 0 Å². The lowest BCUT2D eigenvalue weighted by molar-refractivity contribution is 0.107. The Bertz CT molecular complexity index is 2340. The maximum absolute atomic E-state index is 6.18. The largest absolute Gasteiger partial charge is 0.372 e. The zero-order valence-electron chi connectivity index (χ0n) is 29.5. The second kappa shape index (κ2) is 14.3. The fourth-order valence-electron chi connectivity index (χ4n) is 7.36. The van der Waals surface area contributed by atoms with E-state index in [1.165, 1.54) is 50.1 Å². The highest BCUT2D eigenvalue weighted by molar-refractivity contribution is 9.10. The van der Waals surface area contributed by atoms with Gasteiger partial charge >= 0.3 is 0 Å². The average molecular weight is 739 g/mol. The van der Waals surface area contributed by atoms with Crippen molar-refractivity contribution >= 4 is 39.1 Å². The molecule has 0 unspecified atom stereocenters. The van der Waals surface area contributed by atoms with Gasteiger partial charge < -0.3 is 9.64 Å². The Morgan fingerprint density at radius 3 is 1.62 bits per heavy atom. The monoisotopic (exact) mass is 737 g/mol. The van der Waals surface area contributed by atoms with Crippen molar-refractivity contribution in [2.75, 3.05) is 4.90 Å². The van der Waals surface area contributed by atoms with E-state index in [2.05, 4.69) is 205 Å². The number of anilines is 3. The first-order valence-electron chi connectivity index (χ1n) is 17.8. The third-order valence-electron chi connectivity index (χ3n) is 10.3. The molecule has 0 bridgehead atoms. The van der Waals surface area contributed by atoms with E-state index < -0.39 is 0 Å². The van der Waals surface area contributed by atoms with E-state index in [-0.39, 0.29) is 5.41 Å². The molecule has 0 N–H and O–H groups in total. The Balaban J connectivity index is 1.11. The van der Waals surface area contributed by atoms with Crippen LogP contribution >= 0.6 is 15.9 Å². The van der Waals surface area contributed by atoms with E-state index in [9.17, 15) is 0 Å². The van der Waals surface area contributed by atoms with Gasteiger partial charge in [-0.15, -0.1) is 0 Å². The van der Waals surface area contributed by atoms with Crippen molar-refractivity contribution in [2.24, 2.45) is 0 Å². The Labute approximate surface area is 315 Å². The zero-order valence-corrected chi connectivity index (χ0v) is 31.1. The van der Waals surface area contributed by atoms with E-state index >= 15 is 0 Å². The van der Waals surface area contributed by atoms with E-state index in [0.29, 0.717) is 13.2 Å². The van der Waals surface area contributed by atoms with Crippen LogP contribution in [0.25, 0.3) is 39.5 Å². The molecule has 0 spiro atoms. The van der Waals surface area contributed by atoms with E-state index in [1.54, 1.807) is 0 Å². The van der Waals surface area contributed by atoms with Gasteiger partial charge in [0.05, 0.1) is 13.2 Å². The first-order valence-corrected chi connectivity index (χ1v) is 18.6. The lowest BCUT2D eigenvalue weighted by Gasteiger charge is -2.28. The van der Waals surface area contributed by atoms with Gasteiger partial charge in [-0.3, -0.25) is 0 Å². The number of nitrogens with zero attached hydrogens (tertiary/aromatic N) is 1. The lowest BCUT2D eigenvalue weighted by atomic mass is 9.82. The van der Waals surface area contributed by atoms with Crippen LogP contribution in [-0.2, 0) is 23.4 Å². The number of hydrogen-bond acceptors (Lipinski definition) is 2. The molecule has 0 saturated carbocycles. The molecule has 1 aliphatic carbocycles. The molecule has 7 aromatic carbocycles. The van der Waals surface area contributed by atoms with Crippen LogP contribution in [0.4, 0.5) is 17.1 Å². The van der Waals surface area contributed by atoms with Crippen LogP contribution < -0.4 is 4.90 Å². The third-order valence-corrected chi connectivity index (χ3v) is 10.8. The van der Waals surface area contributed by atoms with E-state index in [0.717, 1.165) is 32.7 Å². The molecule has 2 nitrogen and oxygen atoms in total. The third kappa shape index (κ3) is 6.66. The highest BCUT2D eigenvalue weighted by atomic mass is 79.9. The van der Waals surface area contributed by atoms with Crippen molar-refractivity contribution < 1.29 is 4.74 Å². The zero-order chi connectivity index (χ0) is 35.7. The Hall–Kier alpha value is -5.48. The summed E-state index contributed by atoms with van der Waals surface area (Å²) in [6.07, 6.45) is 1.86. The molecule has 0 amide bonds. The summed E-state index contributed by atoms with van der Waals surface area (Å²) in [4.78, 5) is 2.38. The van der Waals surface area contributed by atoms with Gasteiger partial charge in [0.15, 0.2) is 0 Å². The van der Waals surface area contributed by atoms with Gasteiger partial charge in [-0.25, -0.2) is 0 Å². The molecule has 0 heterocycles. The number of benzene rings is 7. The van der Waals surface area contributed by atoms with Crippen molar-refractivity contribution in [3.63, 3.8) is 0 Å². The van der Waals surface area contributed by atoms with Crippen molar-refractivity contribution in [1.82, 2.24) is 0 Å². The van der Waals surface area contributed by atoms with Gasteiger partial charge in [0.25, 0.3) is 0 Å². The first-order chi connectivity index (χ1) is 25.4. The summed E-state index contributed by atoms with van der Waals surface area (Å²) in [7, 11) is 0. The molecule has 1 aliphatic rings. The molecule has 7 aromatic rings. The fraction of sp³-hybridized carbons (Fsp3) is 0.102.